The quantitative estimate of drug-likeness (QED) is 0.308. The fourth-order valence-electron chi connectivity index (χ4n) is 3.64. The Morgan fingerprint density at radius 1 is 1.23 bits per heavy atom. The van der Waals surface area contributed by atoms with Gasteiger partial charge in [-0.2, -0.15) is 12.6 Å². The van der Waals surface area contributed by atoms with Gasteiger partial charge in [0.25, 0.3) is 0 Å². The number of hydrogen-bond donors (Lipinski definition) is 4. The van der Waals surface area contributed by atoms with Gasteiger partial charge in [0.15, 0.2) is 0 Å². The van der Waals surface area contributed by atoms with Crippen molar-refractivity contribution < 1.29 is 29.0 Å². The van der Waals surface area contributed by atoms with E-state index in [1.54, 1.807) is 45.0 Å². The van der Waals surface area contributed by atoms with Crippen molar-refractivity contribution in [3.63, 3.8) is 0 Å². The molecule has 2 aliphatic heterocycles. The highest BCUT2D eigenvalue weighted by Gasteiger charge is 2.37. The Bertz CT molecular complexity index is 1050. The van der Waals surface area contributed by atoms with Crippen molar-refractivity contribution in [1.29, 1.82) is 0 Å². The van der Waals surface area contributed by atoms with E-state index in [2.05, 4.69) is 28.3 Å². The van der Waals surface area contributed by atoms with E-state index in [1.165, 1.54) is 11.1 Å². The Morgan fingerprint density at radius 2 is 1.91 bits per heavy atom. The topological polar surface area (TPSA) is 141 Å². The molecule has 1 aromatic rings. The van der Waals surface area contributed by atoms with Gasteiger partial charge in [0, 0.05) is 30.6 Å². The molecule has 0 radical (unpaired) electrons. The highest BCUT2D eigenvalue weighted by Crippen LogP contribution is 2.23. The summed E-state index contributed by atoms with van der Waals surface area (Å²) in [5.74, 6) is -2.52. The van der Waals surface area contributed by atoms with Gasteiger partial charge in [0.1, 0.15) is 18.7 Å². The normalized spacial score (nSPS) is 19.2. The minimum atomic E-state index is -1.07. The number of likely N-dealkylation sites (N-methyl/N-ethyl adjacent to an activating group) is 1. The molecule has 3 rings (SSSR count). The summed E-state index contributed by atoms with van der Waals surface area (Å²) in [4.78, 5) is 55.9. The van der Waals surface area contributed by atoms with Crippen LogP contribution in [-0.2, 0) is 19.1 Å². The number of carbonyl (C=O) groups excluding carboxylic acids is 3. The molecule has 35 heavy (non-hydrogen) atoms. The van der Waals surface area contributed by atoms with Crippen molar-refractivity contribution >= 4 is 42.3 Å². The Hall–Kier alpha value is -3.54. The molecule has 1 aromatic carbocycles. The molecular formula is C23H29N5O6S. The molecule has 2 heterocycles. The van der Waals surface area contributed by atoms with Crippen LogP contribution >= 0.6 is 12.6 Å². The maximum atomic E-state index is 13.0. The van der Waals surface area contributed by atoms with Crippen molar-refractivity contribution in [2.24, 2.45) is 4.99 Å². The zero-order chi connectivity index (χ0) is 25.8. The monoisotopic (exact) mass is 503 g/mol. The van der Waals surface area contributed by atoms with Crippen LogP contribution in [0.25, 0.3) is 0 Å². The summed E-state index contributed by atoms with van der Waals surface area (Å²) in [6.07, 6.45) is 1.44. The second kappa shape index (κ2) is 10.8. The molecule has 0 saturated carbocycles. The number of thiol groups is 1. The summed E-state index contributed by atoms with van der Waals surface area (Å²) in [5.41, 5.74) is 1.07. The molecule has 12 heteroatoms. The van der Waals surface area contributed by atoms with Crippen LogP contribution in [0, 0.1) is 0 Å². The molecule has 0 spiro atoms. The number of imide groups is 1. The first-order valence-electron chi connectivity index (χ1n) is 11.1. The van der Waals surface area contributed by atoms with Gasteiger partial charge in [-0.15, -0.1) is 0 Å². The first-order valence-corrected chi connectivity index (χ1v) is 11.6. The molecule has 1 unspecified atom stereocenters. The van der Waals surface area contributed by atoms with Crippen molar-refractivity contribution in [3.8, 4) is 0 Å². The van der Waals surface area contributed by atoms with Gasteiger partial charge in [-0.05, 0) is 26.3 Å². The van der Waals surface area contributed by atoms with E-state index in [0.29, 0.717) is 17.8 Å². The summed E-state index contributed by atoms with van der Waals surface area (Å²) in [6.45, 7) is 5.87. The standard InChI is InChI=1S/C23H29N5O6S/c1-4-27-10-11-28(20(30)19(27)29)22(33)26-16(14-8-6-5-7-9-14)18-25-15(13-34-18)12-24-17(21(31)32)23(2,3)35/h5-9,12,16-17,24,35H,4,10-11,13H2,1-3H3,(H,26,33)(H,31,32)/b15-12+/t16-,17?/m1/s1. The summed E-state index contributed by atoms with van der Waals surface area (Å²) in [6, 6.07) is 6.35. The molecule has 1 fully saturated rings. The van der Waals surface area contributed by atoms with E-state index in [-0.39, 0.29) is 25.6 Å². The summed E-state index contributed by atoms with van der Waals surface area (Å²) >= 11 is 4.33. The van der Waals surface area contributed by atoms with E-state index in [1.807, 2.05) is 6.07 Å². The fourth-order valence-corrected chi connectivity index (χ4v) is 3.82. The number of ether oxygens (including phenoxy) is 1. The minimum absolute atomic E-state index is 0.0491. The van der Waals surface area contributed by atoms with E-state index < -0.39 is 40.6 Å². The van der Waals surface area contributed by atoms with Gasteiger partial charge in [-0.3, -0.25) is 14.5 Å². The van der Waals surface area contributed by atoms with Gasteiger partial charge in [-0.1, -0.05) is 30.3 Å². The first-order chi connectivity index (χ1) is 16.5. The van der Waals surface area contributed by atoms with Crippen molar-refractivity contribution in [2.45, 2.75) is 37.6 Å². The Morgan fingerprint density at radius 3 is 2.51 bits per heavy atom. The van der Waals surface area contributed by atoms with Crippen molar-refractivity contribution in [2.75, 3.05) is 26.2 Å². The van der Waals surface area contributed by atoms with Crippen LogP contribution < -0.4 is 10.6 Å². The molecule has 188 valence electrons. The van der Waals surface area contributed by atoms with Crippen molar-refractivity contribution in [1.82, 2.24) is 20.4 Å². The number of carboxylic acids is 1. The molecule has 0 bridgehead atoms. The number of urea groups is 1. The number of aliphatic carboxylic acids is 1. The van der Waals surface area contributed by atoms with Crippen LogP contribution in [0.5, 0.6) is 0 Å². The molecule has 2 aliphatic rings. The molecule has 0 aliphatic carbocycles. The number of nitrogens with one attached hydrogen (secondary N) is 2. The van der Waals surface area contributed by atoms with E-state index in [9.17, 15) is 24.3 Å². The van der Waals surface area contributed by atoms with Crippen LogP contribution in [0.15, 0.2) is 47.2 Å². The average molecular weight is 504 g/mol. The van der Waals surface area contributed by atoms with Crippen molar-refractivity contribution in [3.05, 3.63) is 47.8 Å². The highest BCUT2D eigenvalue weighted by atomic mass is 32.1. The number of amides is 4. The van der Waals surface area contributed by atoms with E-state index in [0.717, 1.165) is 4.90 Å². The number of rotatable bonds is 8. The fraction of sp³-hybridized carbons (Fsp3) is 0.435. The first kappa shape index (κ1) is 26.1. The molecule has 3 N–H and O–H groups in total. The molecule has 1 saturated heterocycles. The highest BCUT2D eigenvalue weighted by molar-refractivity contribution is 7.81. The second-order valence-electron chi connectivity index (χ2n) is 8.60. The van der Waals surface area contributed by atoms with Gasteiger partial charge >= 0.3 is 23.8 Å². The van der Waals surface area contributed by atoms with Gasteiger partial charge < -0.3 is 25.4 Å². The zero-order valence-electron chi connectivity index (χ0n) is 19.7. The largest absolute Gasteiger partial charge is 0.480 e. The lowest BCUT2D eigenvalue weighted by Gasteiger charge is -2.32. The number of nitrogens with zero attached hydrogens (tertiary/aromatic N) is 3. The number of hydrogen-bond acceptors (Lipinski definition) is 8. The minimum Gasteiger partial charge on any atom is -0.480 e. The smallest absolute Gasteiger partial charge is 0.327 e. The van der Waals surface area contributed by atoms with Gasteiger partial charge in [0.05, 0.1) is 5.70 Å². The predicted molar refractivity (Wildman–Crippen MR) is 131 cm³/mol. The van der Waals surface area contributed by atoms with Crippen LogP contribution in [0.4, 0.5) is 4.79 Å². The molecule has 4 amide bonds. The summed E-state index contributed by atoms with van der Waals surface area (Å²) < 4.78 is 4.87. The Balaban J connectivity index is 1.81. The maximum Gasteiger partial charge on any atom is 0.327 e. The number of aliphatic imine (C=N–C) groups is 1. The lowest BCUT2D eigenvalue weighted by Crippen LogP contribution is -2.58. The molecule has 11 nitrogen and oxygen atoms in total. The van der Waals surface area contributed by atoms with Crippen LogP contribution in [0.1, 0.15) is 32.4 Å². The molecular weight excluding hydrogens is 474 g/mol. The summed E-state index contributed by atoms with van der Waals surface area (Å²) in [5, 5.41) is 15.0. The maximum absolute atomic E-state index is 13.0. The lowest BCUT2D eigenvalue weighted by atomic mass is 10.0. The number of carboxylic acid groups (broad SMARTS) is 1. The van der Waals surface area contributed by atoms with Gasteiger partial charge in [-0.25, -0.2) is 14.6 Å². The van der Waals surface area contributed by atoms with E-state index in [4.69, 9.17) is 4.74 Å². The lowest BCUT2D eigenvalue weighted by molar-refractivity contribution is -0.153. The zero-order valence-corrected chi connectivity index (χ0v) is 20.6. The van der Waals surface area contributed by atoms with Gasteiger partial charge in [0.2, 0.25) is 5.90 Å². The van der Waals surface area contributed by atoms with Crippen LogP contribution in [0.2, 0.25) is 0 Å². The second-order valence-corrected chi connectivity index (χ2v) is 9.75. The predicted octanol–water partition coefficient (Wildman–Crippen LogP) is 1.15. The number of carbonyl (C=O) groups is 4. The molecule has 0 aromatic heterocycles. The van der Waals surface area contributed by atoms with Crippen LogP contribution in [-0.4, -0.2) is 81.6 Å². The average Bonchev–Trinajstić information content (AvgIpc) is 3.27. The third-order valence-corrected chi connectivity index (χ3v) is 5.83. The number of piperazine rings is 1. The Kier molecular flexibility index (Phi) is 8.05. The molecule has 2 atom stereocenters. The summed E-state index contributed by atoms with van der Waals surface area (Å²) in [7, 11) is 0. The third kappa shape index (κ3) is 6.13. The SMILES string of the molecule is CCN1CCN(C(=O)N[C@@H](C2=N/C(=C/NC(C(=O)O)C(C)(C)S)CO2)c2ccccc2)C(=O)C1=O. The third-order valence-electron chi connectivity index (χ3n) is 5.58. The van der Waals surface area contributed by atoms with E-state index >= 15 is 0 Å². The number of benzene rings is 1. The van der Waals surface area contributed by atoms with Crippen LogP contribution in [0.3, 0.4) is 0 Å². The Labute approximate surface area is 208 Å².